The van der Waals surface area contributed by atoms with Gasteiger partial charge in [-0.1, -0.05) is 23.5 Å². The summed E-state index contributed by atoms with van der Waals surface area (Å²) in [5.41, 5.74) is -0.686. The number of nitrogens with one attached hydrogen (secondary N) is 1. The lowest BCUT2D eigenvalue weighted by Crippen LogP contribution is -2.60. The van der Waals surface area contributed by atoms with Gasteiger partial charge in [0.25, 0.3) is 0 Å². The third-order valence-electron chi connectivity index (χ3n) is 6.88. The molecule has 258 valence electrons. The molecule has 1 amide bonds. The molecular formula is C28H26F6N6O6S2. The lowest BCUT2D eigenvalue weighted by Gasteiger charge is -2.39. The summed E-state index contributed by atoms with van der Waals surface area (Å²) >= 11 is 1.17. The van der Waals surface area contributed by atoms with E-state index in [1.54, 1.807) is 4.90 Å². The molecule has 0 aliphatic carbocycles. The maximum Gasteiger partial charge on any atom is 0.573 e. The first-order valence-corrected chi connectivity index (χ1v) is 16.2. The number of fused-ring (bicyclic) bond motifs is 1. The summed E-state index contributed by atoms with van der Waals surface area (Å²) in [4.78, 5) is 27.8. The zero-order valence-corrected chi connectivity index (χ0v) is 26.5. The Balaban J connectivity index is 1.40. The van der Waals surface area contributed by atoms with Gasteiger partial charge in [-0.3, -0.25) is 4.79 Å². The van der Waals surface area contributed by atoms with Gasteiger partial charge in [0.05, 0.1) is 15.8 Å². The minimum Gasteiger partial charge on any atom is -0.406 e. The lowest BCUT2D eigenvalue weighted by atomic mass is 10.1. The van der Waals surface area contributed by atoms with E-state index in [9.17, 15) is 44.7 Å². The van der Waals surface area contributed by atoms with Gasteiger partial charge in [0.2, 0.25) is 15.9 Å². The van der Waals surface area contributed by atoms with Crippen LogP contribution < -0.4 is 19.7 Å². The van der Waals surface area contributed by atoms with E-state index in [1.807, 2.05) is 0 Å². The van der Waals surface area contributed by atoms with Gasteiger partial charge < -0.3 is 24.8 Å². The Hall–Kier alpha value is -4.27. The molecule has 1 fully saturated rings. The number of anilines is 1. The molecule has 1 aliphatic heterocycles. The van der Waals surface area contributed by atoms with Gasteiger partial charge in [-0.2, -0.15) is 9.29 Å². The number of hydrogen-bond donors (Lipinski definition) is 2. The molecule has 0 unspecified atom stereocenters. The van der Waals surface area contributed by atoms with Crippen LogP contribution in [0.4, 0.5) is 31.5 Å². The molecule has 12 nitrogen and oxygen atoms in total. The van der Waals surface area contributed by atoms with E-state index in [1.165, 1.54) is 43.5 Å². The molecule has 2 aromatic heterocycles. The molecule has 0 radical (unpaired) electrons. The van der Waals surface area contributed by atoms with Crippen LogP contribution in [0, 0.1) is 0 Å². The number of ether oxygens (including phenoxy) is 2. The zero-order chi connectivity index (χ0) is 35.1. The smallest absolute Gasteiger partial charge is 0.406 e. The lowest BCUT2D eigenvalue weighted by molar-refractivity contribution is -0.275. The first kappa shape index (κ1) is 35.0. The highest BCUT2D eigenvalue weighted by atomic mass is 32.2. The SMILES string of the molecule is CC(C)(O)c1ncc2sc(N3CCN(S(=O)(=O)c4ccc(OC(F)(F)F)cc4)[C@@H](C(=O)NCc4ccc(OC(F)(F)F)cc4)C3)nc2n1. The highest BCUT2D eigenvalue weighted by Gasteiger charge is 2.41. The Bertz CT molecular complexity index is 1880. The molecule has 0 saturated carbocycles. The summed E-state index contributed by atoms with van der Waals surface area (Å²) in [7, 11) is -4.46. The second-order valence-corrected chi connectivity index (χ2v) is 13.8. The number of aromatic nitrogens is 3. The fraction of sp³-hybridized carbons (Fsp3) is 0.357. The van der Waals surface area contributed by atoms with Crippen molar-refractivity contribution in [3.05, 3.63) is 66.1 Å². The summed E-state index contributed by atoms with van der Waals surface area (Å²) in [6.45, 7) is 2.45. The Kier molecular flexibility index (Phi) is 9.47. The summed E-state index contributed by atoms with van der Waals surface area (Å²) in [6, 6.07) is 6.83. The molecular weight excluding hydrogens is 694 g/mol. The van der Waals surface area contributed by atoms with Crippen LogP contribution in [0.3, 0.4) is 0 Å². The molecule has 1 saturated heterocycles. The van der Waals surface area contributed by atoms with E-state index in [4.69, 9.17) is 0 Å². The number of benzene rings is 2. The normalized spacial score (nSPS) is 16.6. The van der Waals surface area contributed by atoms with Crippen LogP contribution in [0.1, 0.15) is 25.2 Å². The van der Waals surface area contributed by atoms with Crippen molar-refractivity contribution in [1.29, 1.82) is 0 Å². The van der Waals surface area contributed by atoms with Gasteiger partial charge in [-0.15, -0.1) is 26.3 Å². The number of thiazole rings is 1. The highest BCUT2D eigenvalue weighted by molar-refractivity contribution is 7.89. The quantitative estimate of drug-likeness (QED) is 0.240. The van der Waals surface area contributed by atoms with E-state index in [0.29, 0.717) is 15.4 Å². The van der Waals surface area contributed by atoms with Crippen molar-refractivity contribution in [2.45, 2.75) is 49.7 Å². The van der Waals surface area contributed by atoms with Crippen molar-refractivity contribution in [2.75, 3.05) is 24.5 Å². The van der Waals surface area contributed by atoms with Gasteiger partial charge >= 0.3 is 12.7 Å². The van der Waals surface area contributed by atoms with Gasteiger partial charge in [0.1, 0.15) is 23.1 Å². The summed E-state index contributed by atoms with van der Waals surface area (Å²) < 4.78 is 112. The van der Waals surface area contributed by atoms with Gasteiger partial charge in [-0.05, 0) is 55.8 Å². The largest absolute Gasteiger partial charge is 0.573 e. The monoisotopic (exact) mass is 720 g/mol. The van der Waals surface area contributed by atoms with E-state index in [2.05, 4.69) is 29.7 Å². The first-order chi connectivity index (χ1) is 22.3. The van der Waals surface area contributed by atoms with Gasteiger partial charge in [0.15, 0.2) is 16.6 Å². The molecule has 3 heterocycles. The standard InChI is InChI=1S/C28H26F6N6O6S2/c1-26(2,42)24-36-14-21-22(37-24)38-25(47-21)39-11-12-40(48(43,44)19-9-7-18(8-10-19)46-28(32,33)34)20(15-39)23(41)35-13-16-3-5-17(6-4-16)45-27(29,30)31/h3-10,14,20,42H,11-13,15H2,1-2H3,(H,35,41)/t20-/m1/s1. The van der Waals surface area contributed by atoms with Crippen LogP contribution in [-0.4, -0.2) is 77.1 Å². The van der Waals surface area contributed by atoms with Crippen molar-refractivity contribution in [3.63, 3.8) is 0 Å². The van der Waals surface area contributed by atoms with Crippen LogP contribution in [-0.2, 0) is 27.0 Å². The second kappa shape index (κ2) is 13.0. The number of amides is 1. The predicted molar refractivity (Wildman–Crippen MR) is 158 cm³/mol. The number of carbonyl (C=O) groups is 1. The average Bonchev–Trinajstić information content (AvgIpc) is 3.42. The van der Waals surface area contributed by atoms with Crippen molar-refractivity contribution in [1.82, 2.24) is 24.6 Å². The van der Waals surface area contributed by atoms with Crippen LogP contribution in [0.25, 0.3) is 10.3 Å². The van der Waals surface area contributed by atoms with E-state index in [-0.39, 0.29) is 37.7 Å². The number of rotatable bonds is 9. The Morgan fingerprint density at radius 3 is 2.10 bits per heavy atom. The number of hydrogen-bond acceptors (Lipinski definition) is 11. The third kappa shape index (κ3) is 8.41. The number of alkyl halides is 6. The Labute approximate surface area is 273 Å². The second-order valence-electron chi connectivity index (χ2n) is 10.9. The number of sulfonamides is 1. The third-order valence-corrected chi connectivity index (χ3v) is 9.84. The number of piperazine rings is 1. The number of carbonyl (C=O) groups excluding carboxylic acids is 1. The molecule has 2 N–H and O–H groups in total. The van der Waals surface area contributed by atoms with Gasteiger partial charge in [-0.25, -0.2) is 18.4 Å². The van der Waals surface area contributed by atoms with Gasteiger partial charge in [0, 0.05) is 26.2 Å². The van der Waals surface area contributed by atoms with Crippen molar-refractivity contribution >= 4 is 42.7 Å². The minimum atomic E-state index is -4.99. The molecule has 4 aromatic rings. The zero-order valence-electron chi connectivity index (χ0n) is 24.9. The minimum absolute atomic E-state index is 0.0601. The van der Waals surface area contributed by atoms with E-state index >= 15 is 0 Å². The topological polar surface area (TPSA) is 147 Å². The molecule has 48 heavy (non-hydrogen) atoms. The molecule has 0 spiro atoms. The molecule has 20 heteroatoms. The molecule has 5 rings (SSSR count). The molecule has 0 bridgehead atoms. The maximum atomic E-state index is 13.7. The fourth-order valence-corrected chi connectivity index (χ4v) is 7.14. The van der Waals surface area contributed by atoms with E-state index in [0.717, 1.165) is 40.7 Å². The first-order valence-electron chi connectivity index (χ1n) is 13.9. The average molecular weight is 721 g/mol. The number of halogens is 6. The van der Waals surface area contributed by atoms with Crippen molar-refractivity contribution in [2.24, 2.45) is 0 Å². The Morgan fingerprint density at radius 2 is 1.54 bits per heavy atom. The van der Waals surface area contributed by atoms with Crippen molar-refractivity contribution < 1.29 is 54.1 Å². The molecule has 1 atom stereocenters. The highest BCUT2D eigenvalue weighted by Crippen LogP contribution is 2.32. The maximum absolute atomic E-state index is 13.7. The Morgan fingerprint density at radius 1 is 0.958 bits per heavy atom. The van der Waals surface area contributed by atoms with Crippen LogP contribution in [0.2, 0.25) is 0 Å². The number of nitrogens with zero attached hydrogens (tertiary/aromatic N) is 5. The summed E-state index contributed by atoms with van der Waals surface area (Å²) in [5, 5.41) is 13.3. The predicted octanol–water partition coefficient (Wildman–Crippen LogP) is 4.31. The fourth-order valence-electron chi connectivity index (χ4n) is 4.66. The van der Waals surface area contributed by atoms with Crippen LogP contribution >= 0.6 is 11.3 Å². The number of aliphatic hydroxyl groups is 1. The summed E-state index contributed by atoms with van der Waals surface area (Å²) in [6.07, 6.45) is -8.40. The molecule has 1 aliphatic rings. The van der Waals surface area contributed by atoms with E-state index < -0.39 is 56.7 Å². The van der Waals surface area contributed by atoms with Crippen molar-refractivity contribution in [3.8, 4) is 11.5 Å². The molecule has 2 aromatic carbocycles. The van der Waals surface area contributed by atoms with Crippen LogP contribution in [0.15, 0.2) is 59.6 Å². The van der Waals surface area contributed by atoms with Crippen LogP contribution in [0.5, 0.6) is 11.5 Å². The summed E-state index contributed by atoms with van der Waals surface area (Å²) in [5.74, 6) is -1.75.